The average Bonchev–Trinajstić information content (AvgIpc) is 3.18. The van der Waals surface area contributed by atoms with Crippen molar-refractivity contribution in [1.29, 1.82) is 0 Å². The number of para-hydroxylation sites is 1. The summed E-state index contributed by atoms with van der Waals surface area (Å²) >= 11 is 3.28. The van der Waals surface area contributed by atoms with Crippen LogP contribution in [0.15, 0.2) is 41.1 Å². The van der Waals surface area contributed by atoms with Crippen LogP contribution in [0.4, 0.5) is 0 Å². The lowest BCUT2D eigenvalue weighted by molar-refractivity contribution is 0.571. The van der Waals surface area contributed by atoms with Crippen LogP contribution >= 0.6 is 22.7 Å². The van der Waals surface area contributed by atoms with Gasteiger partial charge in [0.15, 0.2) is 0 Å². The maximum atomic E-state index is 4.57. The average molecular weight is 299 g/mol. The first-order chi connectivity index (χ1) is 9.88. The zero-order chi connectivity index (χ0) is 13.4. The van der Waals surface area contributed by atoms with Crippen molar-refractivity contribution in [3.63, 3.8) is 0 Å². The van der Waals surface area contributed by atoms with Crippen LogP contribution in [0.1, 0.15) is 5.01 Å². The van der Waals surface area contributed by atoms with Crippen LogP contribution in [0.5, 0.6) is 0 Å². The molecule has 0 aliphatic rings. The van der Waals surface area contributed by atoms with Crippen molar-refractivity contribution in [2.45, 2.75) is 6.54 Å². The third-order valence-corrected chi connectivity index (χ3v) is 4.55. The zero-order valence-electron chi connectivity index (χ0n) is 10.3. The highest BCUT2D eigenvalue weighted by Gasteiger charge is 2.09. The number of aromatic nitrogens is 5. The van der Waals surface area contributed by atoms with Gasteiger partial charge in [0.2, 0.25) is 5.82 Å². The van der Waals surface area contributed by atoms with Crippen molar-refractivity contribution in [3.05, 3.63) is 46.1 Å². The van der Waals surface area contributed by atoms with Crippen LogP contribution in [0.25, 0.3) is 21.6 Å². The number of thiophene rings is 1. The molecule has 3 aromatic heterocycles. The van der Waals surface area contributed by atoms with Gasteiger partial charge in [0.05, 0.1) is 10.2 Å². The highest BCUT2D eigenvalue weighted by Crippen LogP contribution is 2.22. The molecule has 0 atom stereocenters. The van der Waals surface area contributed by atoms with Gasteiger partial charge in [0.25, 0.3) is 0 Å². The van der Waals surface area contributed by atoms with E-state index in [4.69, 9.17) is 0 Å². The lowest BCUT2D eigenvalue weighted by Gasteiger charge is -1.92. The molecule has 1 aromatic carbocycles. The molecule has 4 rings (SSSR count). The summed E-state index contributed by atoms with van der Waals surface area (Å²) in [7, 11) is 0. The van der Waals surface area contributed by atoms with Gasteiger partial charge in [-0.25, -0.2) is 4.98 Å². The zero-order valence-corrected chi connectivity index (χ0v) is 11.9. The van der Waals surface area contributed by atoms with Gasteiger partial charge in [-0.2, -0.15) is 16.1 Å². The second kappa shape index (κ2) is 4.77. The molecule has 0 bridgehead atoms. The lowest BCUT2D eigenvalue weighted by atomic mass is 10.3. The number of nitrogens with zero attached hydrogens (tertiary/aromatic N) is 5. The van der Waals surface area contributed by atoms with Crippen molar-refractivity contribution in [1.82, 2.24) is 25.2 Å². The third kappa shape index (κ3) is 2.10. The van der Waals surface area contributed by atoms with Crippen LogP contribution in [0.3, 0.4) is 0 Å². The van der Waals surface area contributed by atoms with Crippen molar-refractivity contribution in [3.8, 4) is 11.4 Å². The first-order valence-corrected chi connectivity index (χ1v) is 7.79. The number of hydrogen-bond donors (Lipinski definition) is 0. The predicted octanol–water partition coefficient (Wildman–Crippen LogP) is 3.06. The molecule has 5 nitrogen and oxygen atoms in total. The molecule has 0 N–H and O–H groups in total. The smallest absolute Gasteiger partial charge is 0.205 e. The van der Waals surface area contributed by atoms with Crippen LogP contribution in [-0.2, 0) is 6.54 Å². The van der Waals surface area contributed by atoms with E-state index in [1.165, 1.54) is 4.70 Å². The largest absolute Gasteiger partial charge is 0.239 e. The van der Waals surface area contributed by atoms with Crippen LogP contribution in [-0.4, -0.2) is 25.2 Å². The fourth-order valence-electron chi connectivity index (χ4n) is 1.93. The molecule has 0 aliphatic heterocycles. The molecule has 4 aromatic rings. The summed E-state index contributed by atoms with van der Waals surface area (Å²) in [6, 6.07) is 10.1. The topological polar surface area (TPSA) is 56.5 Å². The standard InChI is InChI=1S/C13H9N5S2/c1-2-4-11-10(3-1)14-12(20-11)7-18-16-13(15-17-18)9-5-6-19-8-9/h1-6,8H,7H2. The second-order valence-corrected chi connectivity index (χ2v) is 6.13. The van der Waals surface area contributed by atoms with Crippen LogP contribution < -0.4 is 0 Å². The van der Waals surface area contributed by atoms with Crippen LogP contribution in [0, 0.1) is 0 Å². The van der Waals surface area contributed by atoms with E-state index < -0.39 is 0 Å². The number of benzene rings is 1. The Bertz CT molecular complexity index is 814. The van der Waals surface area contributed by atoms with Crippen molar-refractivity contribution < 1.29 is 0 Å². The number of fused-ring (bicyclic) bond motifs is 1. The molecule has 0 spiro atoms. The molecule has 0 unspecified atom stereocenters. The quantitative estimate of drug-likeness (QED) is 0.583. The molecular formula is C13H9N5S2. The van der Waals surface area contributed by atoms with Crippen molar-refractivity contribution in [2.75, 3.05) is 0 Å². The Morgan fingerprint density at radius 2 is 2.10 bits per heavy atom. The van der Waals surface area contributed by atoms with Gasteiger partial charge in [0.1, 0.15) is 11.6 Å². The molecule has 7 heteroatoms. The van der Waals surface area contributed by atoms with Gasteiger partial charge in [-0.05, 0) is 28.8 Å². The van der Waals surface area contributed by atoms with E-state index in [0.29, 0.717) is 12.4 Å². The number of hydrogen-bond acceptors (Lipinski definition) is 6. The molecule has 3 heterocycles. The Labute approximate surface area is 122 Å². The summed E-state index contributed by atoms with van der Waals surface area (Å²) in [5.74, 6) is 0.660. The van der Waals surface area contributed by atoms with Gasteiger partial charge in [-0.15, -0.1) is 21.5 Å². The first kappa shape index (κ1) is 11.7. The summed E-state index contributed by atoms with van der Waals surface area (Å²) in [6.07, 6.45) is 0. The van der Waals surface area contributed by atoms with E-state index in [9.17, 15) is 0 Å². The Morgan fingerprint density at radius 3 is 2.95 bits per heavy atom. The van der Waals surface area contributed by atoms with E-state index in [1.54, 1.807) is 27.5 Å². The van der Waals surface area contributed by atoms with Gasteiger partial charge in [-0.1, -0.05) is 12.1 Å². The van der Waals surface area contributed by atoms with E-state index >= 15 is 0 Å². The van der Waals surface area contributed by atoms with E-state index in [-0.39, 0.29) is 0 Å². The maximum Gasteiger partial charge on any atom is 0.205 e. The minimum absolute atomic E-state index is 0.552. The third-order valence-electron chi connectivity index (χ3n) is 2.85. The number of thiazole rings is 1. The second-order valence-electron chi connectivity index (χ2n) is 4.23. The van der Waals surface area contributed by atoms with Crippen LogP contribution in [0.2, 0.25) is 0 Å². The van der Waals surface area contributed by atoms with Gasteiger partial charge >= 0.3 is 0 Å². The molecule has 0 aliphatic carbocycles. The normalized spacial score (nSPS) is 11.2. The first-order valence-electron chi connectivity index (χ1n) is 6.03. The van der Waals surface area contributed by atoms with Crippen molar-refractivity contribution >= 4 is 32.9 Å². The molecule has 98 valence electrons. The number of rotatable bonds is 3. The molecule has 0 radical (unpaired) electrons. The summed E-state index contributed by atoms with van der Waals surface area (Å²) < 4.78 is 1.18. The lowest BCUT2D eigenvalue weighted by Crippen LogP contribution is -2.03. The summed E-state index contributed by atoms with van der Waals surface area (Å²) in [5.41, 5.74) is 2.02. The molecule has 20 heavy (non-hydrogen) atoms. The minimum Gasteiger partial charge on any atom is -0.239 e. The molecule has 0 saturated carbocycles. The monoisotopic (exact) mass is 299 g/mol. The fourth-order valence-corrected chi connectivity index (χ4v) is 3.50. The highest BCUT2D eigenvalue weighted by atomic mass is 32.1. The van der Waals surface area contributed by atoms with E-state index in [1.807, 2.05) is 35.0 Å². The Kier molecular flexibility index (Phi) is 2.79. The maximum absolute atomic E-state index is 4.57. The Morgan fingerprint density at radius 1 is 1.15 bits per heavy atom. The SMILES string of the molecule is c1ccc2sc(Cn3nnc(-c4ccsc4)n3)nc2c1. The Balaban J connectivity index is 1.62. The van der Waals surface area contributed by atoms with Gasteiger partial charge in [-0.3, -0.25) is 0 Å². The predicted molar refractivity (Wildman–Crippen MR) is 79.9 cm³/mol. The fraction of sp³-hybridized carbons (Fsp3) is 0.0769. The van der Waals surface area contributed by atoms with Gasteiger partial charge in [0, 0.05) is 10.9 Å². The highest BCUT2D eigenvalue weighted by molar-refractivity contribution is 7.18. The molecule has 0 fully saturated rings. The van der Waals surface area contributed by atoms with Gasteiger partial charge < -0.3 is 0 Å². The molecule has 0 amide bonds. The molecule has 0 saturated heterocycles. The summed E-state index contributed by atoms with van der Waals surface area (Å²) in [4.78, 5) is 6.16. The summed E-state index contributed by atoms with van der Waals surface area (Å²) in [6.45, 7) is 0.552. The van der Waals surface area contributed by atoms with E-state index in [2.05, 4.69) is 26.5 Å². The van der Waals surface area contributed by atoms with Crippen molar-refractivity contribution in [2.24, 2.45) is 0 Å². The number of tetrazole rings is 1. The Hall–Kier alpha value is -2.12. The van der Waals surface area contributed by atoms with E-state index in [0.717, 1.165) is 16.1 Å². The minimum atomic E-state index is 0.552. The molecular weight excluding hydrogens is 290 g/mol. The summed E-state index contributed by atoms with van der Waals surface area (Å²) in [5, 5.41) is 17.5.